The van der Waals surface area contributed by atoms with Gasteiger partial charge in [-0.25, -0.2) is 0 Å². The summed E-state index contributed by atoms with van der Waals surface area (Å²) in [7, 11) is 0. The zero-order valence-corrected chi connectivity index (χ0v) is 11.8. The van der Waals surface area contributed by atoms with Crippen molar-refractivity contribution in [1.29, 1.82) is 0 Å². The minimum Gasteiger partial charge on any atom is -0.311 e. The van der Waals surface area contributed by atoms with Gasteiger partial charge in [0.1, 0.15) is 0 Å². The third-order valence-corrected chi connectivity index (χ3v) is 5.82. The van der Waals surface area contributed by atoms with Crippen LogP contribution in [0.25, 0.3) is 0 Å². The zero-order valence-electron chi connectivity index (χ0n) is 11.8. The second-order valence-electron chi connectivity index (χ2n) is 6.91. The smallest absolute Gasteiger partial charge is 0.233 e. The molecule has 2 aliphatic carbocycles. The van der Waals surface area contributed by atoms with Gasteiger partial charge >= 0.3 is 0 Å². The van der Waals surface area contributed by atoms with Crippen LogP contribution >= 0.6 is 0 Å². The fraction of sp³-hybridized carbons (Fsp3) is 0.750. The molecule has 3 atom stereocenters. The van der Waals surface area contributed by atoms with Crippen LogP contribution in [0.4, 0.5) is 0 Å². The highest BCUT2D eigenvalue weighted by atomic mass is 16.2. The normalized spacial score (nSPS) is 39.0. The Morgan fingerprint density at radius 1 is 1.10 bits per heavy atom. The van der Waals surface area contributed by atoms with E-state index in [2.05, 4.69) is 17.5 Å². The van der Waals surface area contributed by atoms with Gasteiger partial charge < -0.3 is 5.32 Å². The fourth-order valence-corrected chi connectivity index (χ4v) is 4.52. The average Bonchev–Trinajstić information content (AvgIpc) is 2.70. The van der Waals surface area contributed by atoms with Crippen molar-refractivity contribution in [2.24, 2.45) is 11.8 Å². The molecule has 0 aromatic rings. The molecule has 3 fully saturated rings. The van der Waals surface area contributed by atoms with Crippen LogP contribution in [0.2, 0.25) is 0 Å². The molecule has 1 N–H and O–H groups in total. The third-order valence-electron chi connectivity index (χ3n) is 5.82. The number of nitrogens with one attached hydrogen (secondary N) is 1. The largest absolute Gasteiger partial charge is 0.311 e. The average molecular weight is 274 g/mol. The van der Waals surface area contributed by atoms with Gasteiger partial charge in [0, 0.05) is 11.6 Å². The minimum absolute atomic E-state index is 0.0697. The van der Waals surface area contributed by atoms with Crippen molar-refractivity contribution in [3.63, 3.8) is 0 Å². The summed E-state index contributed by atoms with van der Waals surface area (Å²) < 4.78 is 0. The van der Waals surface area contributed by atoms with E-state index < -0.39 is 0 Å². The molecule has 1 spiro atoms. The van der Waals surface area contributed by atoms with E-state index >= 15 is 0 Å². The molecule has 4 rings (SSSR count). The third kappa shape index (κ3) is 1.70. The topological polar surface area (TPSA) is 49.4 Å². The molecule has 4 nitrogen and oxygen atoms in total. The number of carbonyl (C=O) groups is 2. The highest BCUT2D eigenvalue weighted by Crippen LogP contribution is 2.43. The first-order valence-electron chi connectivity index (χ1n) is 7.97. The van der Waals surface area contributed by atoms with Crippen molar-refractivity contribution in [2.75, 3.05) is 6.54 Å². The van der Waals surface area contributed by atoms with Gasteiger partial charge in [-0.1, -0.05) is 12.2 Å². The van der Waals surface area contributed by atoms with E-state index in [1.165, 1.54) is 19.3 Å². The van der Waals surface area contributed by atoms with Crippen molar-refractivity contribution in [1.82, 2.24) is 10.2 Å². The van der Waals surface area contributed by atoms with Crippen LogP contribution in [-0.4, -0.2) is 34.8 Å². The number of allylic oxidation sites excluding steroid dienone is 2. The molecule has 0 bridgehead atoms. The Morgan fingerprint density at radius 3 is 2.30 bits per heavy atom. The van der Waals surface area contributed by atoms with E-state index in [0.29, 0.717) is 0 Å². The van der Waals surface area contributed by atoms with E-state index in [9.17, 15) is 9.59 Å². The van der Waals surface area contributed by atoms with Crippen LogP contribution in [0.3, 0.4) is 0 Å². The van der Waals surface area contributed by atoms with Gasteiger partial charge in [-0.05, 0) is 51.5 Å². The molecule has 2 heterocycles. The van der Waals surface area contributed by atoms with E-state index in [-0.39, 0.29) is 35.2 Å². The molecule has 0 radical (unpaired) electrons. The Balaban J connectivity index is 1.56. The number of rotatable bonds is 1. The number of piperidine rings is 1. The Morgan fingerprint density at radius 2 is 1.75 bits per heavy atom. The van der Waals surface area contributed by atoms with Crippen molar-refractivity contribution in [3.8, 4) is 0 Å². The first kappa shape index (κ1) is 12.6. The number of nitrogens with zero attached hydrogens (tertiary/aromatic N) is 1. The summed E-state index contributed by atoms with van der Waals surface area (Å²) in [4.78, 5) is 26.9. The molecule has 0 aromatic carbocycles. The lowest BCUT2D eigenvalue weighted by atomic mass is 9.70. The summed E-state index contributed by atoms with van der Waals surface area (Å²) in [5.74, 6) is 0.0656. The van der Waals surface area contributed by atoms with Crippen molar-refractivity contribution in [3.05, 3.63) is 12.2 Å². The predicted molar refractivity (Wildman–Crippen MR) is 74.8 cm³/mol. The van der Waals surface area contributed by atoms with Gasteiger partial charge in [0.15, 0.2) is 0 Å². The van der Waals surface area contributed by atoms with Crippen LogP contribution in [0, 0.1) is 11.8 Å². The molecule has 108 valence electrons. The predicted octanol–water partition coefficient (Wildman–Crippen LogP) is 1.61. The molecular formula is C16H22N2O2. The van der Waals surface area contributed by atoms with Crippen LogP contribution in [-0.2, 0) is 9.59 Å². The van der Waals surface area contributed by atoms with Crippen LogP contribution < -0.4 is 5.32 Å². The quantitative estimate of drug-likeness (QED) is 0.584. The van der Waals surface area contributed by atoms with Crippen LogP contribution in [0.5, 0.6) is 0 Å². The molecule has 2 aliphatic heterocycles. The standard InChI is InChI=1S/C16H22N2O2/c19-14-12-4-1-2-5-13(12)15(20)18(14)11-6-9-17-16(10-11)7-3-8-16/h1-2,11-13,17H,3-10H2. The lowest BCUT2D eigenvalue weighted by molar-refractivity contribution is -0.144. The van der Waals surface area contributed by atoms with Crippen molar-refractivity contribution >= 4 is 11.8 Å². The van der Waals surface area contributed by atoms with Crippen LogP contribution in [0.15, 0.2) is 12.2 Å². The van der Waals surface area contributed by atoms with Gasteiger partial charge in [-0.15, -0.1) is 0 Å². The number of amides is 2. The van der Waals surface area contributed by atoms with Gasteiger partial charge in [-0.3, -0.25) is 14.5 Å². The maximum atomic E-state index is 12.6. The Kier molecular flexibility index (Phi) is 2.78. The lowest BCUT2D eigenvalue weighted by Crippen LogP contribution is -2.60. The van der Waals surface area contributed by atoms with Gasteiger partial charge in [0.25, 0.3) is 0 Å². The number of hydrogen-bond acceptors (Lipinski definition) is 3. The number of imide groups is 1. The highest BCUT2D eigenvalue weighted by Gasteiger charge is 2.52. The number of likely N-dealkylation sites (tertiary alicyclic amines) is 1. The lowest BCUT2D eigenvalue weighted by Gasteiger charge is -2.49. The Bertz CT molecular complexity index is 455. The number of fused-ring (bicyclic) bond motifs is 1. The minimum atomic E-state index is -0.0697. The molecule has 0 aromatic heterocycles. The van der Waals surface area contributed by atoms with E-state index in [0.717, 1.165) is 32.2 Å². The van der Waals surface area contributed by atoms with E-state index in [1.54, 1.807) is 4.90 Å². The molecule has 20 heavy (non-hydrogen) atoms. The SMILES string of the molecule is O=C1C2CC=CCC2C(=O)N1C1CCNC2(CCC2)C1. The van der Waals surface area contributed by atoms with Crippen LogP contribution in [0.1, 0.15) is 44.9 Å². The van der Waals surface area contributed by atoms with E-state index in [1.807, 2.05) is 0 Å². The zero-order chi connectivity index (χ0) is 13.7. The van der Waals surface area contributed by atoms with Gasteiger partial charge in [0.05, 0.1) is 11.8 Å². The summed E-state index contributed by atoms with van der Waals surface area (Å²) in [6, 6.07) is 0.141. The second-order valence-corrected chi connectivity index (χ2v) is 6.91. The molecular weight excluding hydrogens is 252 g/mol. The Labute approximate surface area is 119 Å². The molecule has 2 amide bonds. The molecule has 3 unspecified atom stereocenters. The van der Waals surface area contributed by atoms with Gasteiger partial charge in [-0.2, -0.15) is 0 Å². The summed E-state index contributed by atoms with van der Waals surface area (Å²) in [6.45, 7) is 0.940. The molecule has 4 heteroatoms. The number of carbonyl (C=O) groups excluding carboxylic acids is 2. The maximum absolute atomic E-state index is 12.6. The summed E-state index contributed by atoms with van der Waals surface area (Å²) in [6.07, 6.45) is 11.2. The highest BCUT2D eigenvalue weighted by molar-refractivity contribution is 6.05. The number of hydrogen-bond donors (Lipinski definition) is 1. The summed E-state index contributed by atoms with van der Waals surface area (Å²) >= 11 is 0. The second kappa shape index (κ2) is 4.42. The van der Waals surface area contributed by atoms with E-state index in [4.69, 9.17) is 0 Å². The monoisotopic (exact) mass is 274 g/mol. The summed E-state index contributed by atoms with van der Waals surface area (Å²) in [5, 5.41) is 3.62. The first-order chi connectivity index (χ1) is 9.70. The van der Waals surface area contributed by atoms with Crippen molar-refractivity contribution in [2.45, 2.75) is 56.5 Å². The molecule has 1 saturated carbocycles. The maximum Gasteiger partial charge on any atom is 0.233 e. The fourth-order valence-electron chi connectivity index (χ4n) is 4.52. The summed E-state index contributed by atoms with van der Waals surface area (Å²) in [5.41, 5.74) is 0.232. The van der Waals surface area contributed by atoms with Crippen molar-refractivity contribution < 1.29 is 9.59 Å². The Hall–Kier alpha value is -1.16. The van der Waals surface area contributed by atoms with Gasteiger partial charge in [0.2, 0.25) is 11.8 Å². The first-order valence-corrected chi connectivity index (χ1v) is 7.97. The molecule has 2 saturated heterocycles. The molecule has 4 aliphatic rings.